The van der Waals surface area contributed by atoms with E-state index in [9.17, 15) is 4.79 Å². The molecule has 0 aromatic rings. The first-order valence-electron chi connectivity index (χ1n) is 6.73. The molecular formula is C15H24O. The molecule has 0 radical (unpaired) electrons. The standard InChI is InChI=1S/C15H24O/c1-2-3-4-5-6-7-8-11-14-12-9-10-13-15(14)16/h9-10,12-14H,2-8,11H2,1H3. The number of carbonyl (C=O) groups excluding carboxylic acids is 1. The Kier molecular flexibility index (Phi) is 6.87. The molecule has 1 unspecified atom stereocenters. The van der Waals surface area contributed by atoms with Gasteiger partial charge in [-0.2, -0.15) is 0 Å². The van der Waals surface area contributed by atoms with Crippen LogP contribution in [0.3, 0.4) is 0 Å². The molecule has 1 heteroatoms. The van der Waals surface area contributed by atoms with E-state index in [4.69, 9.17) is 0 Å². The van der Waals surface area contributed by atoms with Gasteiger partial charge < -0.3 is 0 Å². The molecule has 0 aromatic carbocycles. The van der Waals surface area contributed by atoms with Gasteiger partial charge in [-0.3, -0.25) is 4.79 Å². The molecule has 16 heavy (non-hydrogen) atoms. The minimum atomic E-state index is 0.167. The van der Waals surface area contributed by atoms with Crippen molar-refractivity contribution in [3.05, 3.63) is 24.3 Å². The van der Waals surface area contributed by atoms with Crippen molar-refractivity contribution in [2.45, 2.75) is 58.3 Å². The Morgan fingerprint density at radius 1 is 1.00 bits per heavy atom. The van der Waals surface area contributed by atoms with Crippen LogP contribution < -0.4 is 0 Å². The van der Waals surface area contributed by atoms with Crippen LogP contribution in [0.2, 0.25) is 0 Å². The molecule has 1 atom stereocenters. The van der Waals surface area contributed by atoms with Crippen molar-refractivity contribution in [2.75, 3.05) is 0 Å². The van der Waals surface area contributed by atoms with Gasteiger partial charge in [-0.05, 0) is 12.5 Å². The third kappa shape index (κ3) is 5.29. The van der Waals surface area contributed by atoms with Gasteiger partial charge in [0.15, 0.2) is 5.78 Å². The van der Waals surface area contributed by atoms with Crippen LogP contribution in [0.25, 0.3) is 0 Å². The van der Waals surface area contributed by atoms with Gasteiger partial charge in [-0.25, -0.2) is 0 Å². The Morgan fingerprint density at radius 3 is 2.38 bits per heavy atom. The molecule has 1 nitrogen and oxygen atoms in total. The van der Waals surface area contributed by atoms with Crippen molar-refractivity contribution in [3.8, 4) is 0 Å². The van der Waals surface area contributed by atoms with Gasteiger partial charge >= 0.3 is 0 Å². The molecule has 0 heterocycles. The lowest BCUT2D eigenvalue weighted by atomic mass is 9.93. The average Bonchev–Trinajstić information content (AvgIpc) is 2.30. The number of carbonyl (C=O) groups is 1. The lowest BCUT2D eigenvalue weighted by molar-refractivity contribution is -0.117. The van der Waals surface area contributed by atoms with Crippen LogP contribution in [-0.4, -0.2) is 5.78 Å². The molecule has 0 aromatic heterocycles. The van der Waals surface area contributed by atoms with Crippen LogP contribution in [-0.2, 0) is 4.79 Å². The molecular weight excluding hydrogens is 196 g/mol. The topological polar surface area (TPSA) is 17.1 Å². The predicted octanol–water partition coefficient (Wildman–Crippen LogP) is 4.44. The van der Waals surface area contributed by atoms with Crippen molar-refractivity contribution >= 4 is 5.78 Å². The second-order valence-corrected chi connectivity index (χ2v) is 4.66. The smallest absolute Gasteiger partial charge is 0.162 e. The zero-order chi connectivity index (χ0) is 11.6. The van der Waals surface area contributed by atoms with Gasteiger partial charge in [0.2, 0.25) is 0 Å². The minimum Gasteiger partial charge on any atom is -0.294 e. The van der Waals surface area contributed by atoms with Gasteiger partial charge in [-0.15, -0.1) is 0 Å². The highest BCUT2D eigenvalue weighted by Gasteiger charge is 2.13. The van der Waals surface area contributed by atoms with Crippen LogP contribution in [0.15, 0.2) is 24.3 Å². The monoisotopic (exact) mass is 220 g/mol. The van der Waals surface area contributed by atoms with Crippen molar-refractivity contribution in [1.82, 2.24) is 0 Å². The molecule has 1 aliphatic rings. The summed E-state index contributed by atoms with van der Waals surface area (Å²) in [4.78, 5) is 11.5. The molecule has 0 saturated carbocycles. The van der Waals surface area contributed by atoms with Gasteiger partial charge in [-0.1, -0.05) is 70.1 Å². The lowest BCUT2D eigenvalue weighted by Crippen LogP contribution is -2.11. The fourth-order valence-electron chi connectivity index (χ4n) is 2.13. The molecule has 0 aliphatic heterocycles. The molecule has 1 rings (SSSR count). The Labute approximate surface area is 99.6 Å². The first kappa shape index (κ1) is 13.2. The first-order chi connectivity index (χ1) is 7.84. The fraction of sp³-hybridized carbons (Fsp3) is 0.667. The highest BCUT2D eigenvalue weighted by atomic mass is 16.1. The van der Waals surface area contributed by atoms with E-state index in [0.717, 1.165) is 6.42 Å². The molecule has 0 saturated heterocycles. The molecule has 0 bridgehead atoms. The summed E-state index contributed by atoms with van der Waals surface area (Å²) in [7, 11) is 0. The lowest BCUT2D eigenvalue weighted by Gasteiger charge is -2.11. The van der Waals surface area contributed by atoms with Crippen molar-refractivity contribution in [1.29, 1.82) is 0 Å². The van der Waals surface area contributed by atoms with E-state index >= 15 is 0 Å². The van der Waals surface area contributed by atoms with E-state index in [1.165, 1.54) is 44.9 Å². The summed E-state index contributed by atoms with van der Waals surface area (Å²) in [5.74, 6) is 0.453. The van der Waals surface area contributed by atoms with E-state index in [1.54, 1.807) is 6.08 Å². The Bertz CT molecular complexity index is 250. The number of unbranched alkanes of at least 4 members (excludes halogenated alkanes) is 6. The number of hydrogen-bond acceptors (Lipinski definition) is 1. The van der Waals surface area contributed by atoms with Crippen LogP contribution in [0, 0.1) is 5.92 Å². The number of ketones is 1. The van der Waals surface area contributed by atoms with Crippen LogP contribution in [0.5, 0.6) is 0 Å². The summed E-state index contributed by atoms with van der Waals surface area (Å²) >= 11 is 0. The zero-order valence-electron chi connectivity index (χ0n) is 10.5. The van der Waals surface area contributed by atoms with E-state index < -0.39 is 0 Å². The maximum absolute atomic E-state index is 11.5. The van der Waals surface area contributed by atoms with E-state index in [2.05, 4.69) is 6.92 Å². The Balaban J connectivity index is 1.97. The summed E-state index contributed by atoms with van der Waals surface area (Å²) in [5, 5.41) is 0. The van der Waals surface area contributed by atoms with E-state index in [0.29, 0.717) is 0 Å². The molecule has 0 fully saturated rings. The molecule has 0 spiro atoms. The summed E-state index contributed by atoms with van der Waals surface area (Å²) in [6.07, 6.45) is 17.8. The molecule has 1 aliphatic carbocycles. The third-order valence-electron chi connectivity index (χ3n) is 3.20. The van der Waals surface area contributed by atoms with Gasteiger partial charge in [0.05, 0.1) is 0 Å². The van der Waals surface area contributed by atoms with Gasteiger partial charge in [0.25, 0.3) is 0 Å². The van der Waals surface area contributed by atoms with Crippen molar-refractivity contribution < 1.29 is 4.79 Å². The largest absolute Gasteiger partial charge is 0.294 e. The fourth-order valence-corrected chi connectivity index (χ4v) is 2.13. The van der Waals surface area contributed by atoms with Crippen LogP contribution >= 0.6 is 0 Å². The maximum atomic E-state index is 11.5. The normalized spacial score (nSPS) is 19.3. The highest BCUT2D eigenvalue weighted by Crippen LogP contribution is 2.17. The molecule has 0 N–H and O–H groups in total. The second-order valence-electron chi connectivity index (χ2n) is 4.66. The van der Waals surface area contributed by atoms with Crippen molar-refractivity contribution in [3.63, 3.8) is 0 Å². The minimum absolute atomic E-state index is 0.167. The summed E-state index contributed by atoms with van der Waals surface area (Å²) in [6.45, 7) is 2.24. The number of rotatable bonds is 8. The summed E-state index contributed by atoms with van der Waals surface area (Å²) < 4.78 is 0. The first-order valence-corrected chi connectivity index (χ1v) is 6.73. The predicted molar refractivity (Wildman–Crippen MR) is 69.4 cm³/mol. The van der Waals surface area contributed by atoms with Crippen LogP contribution in [0.4, 0.5) is 0 Å². The molecule has 90 valence electrons. The zero-order valence-corrected chi connectivity index (χ0v) is 10.5. The quantitative estimate of drug-likeness (QED) is 0.553. The van der Waals surface area contributed by atoms with Gasteiger partial charge in [0, 0.05) is 5.92 Å². The van der Waals surface area contributed by atoms with E-state index in [-0.39, 0.29) is 11.7 Å². The van der Waals surface area contributed by atoms with E-state index in [1.807, 2.05) is 18.2 Å². The number of hydrogen-bond donors (Lipinski definition) is 0. The number of allylic oxidation sites excluding steroid dienone is 4. The van der Waals surface area contributed by atoms with Gasteiger partial charge in [0.1, 0.15) is 0 Å². The maximum Gasteiger partial charge on any atom is 0.162 e. The molecule has 0 amide bonds. The Hall–Kier alpha value is -0.850. The summed E-state index contributed by atoms with van der Waals surface area (Å²) in [5.41, 5.74) is 0. The highest BCUT2D eigenvalue weighted by molar-refractivity contribution is 5.94. The average molecular weight is 220 g/mol. The summed E-state index contributed by atoms with van der Waals surface area (Å²) in [6, 6.07) is 0. The third-order valence-corrected chi connectivity index (χ3v) is 3.20. The second kappa shape index (κ2) is 8.32. The van der Waals surface area contributed by atoms with Crippen molar-refractivity contribution in [2.24, 2.45) is 5.92 Å². The Morgan fingerprint density at radius 2 is 1.69 bits per heavy atom. The van der Waals surface area contributed by atoms with Crippen LogP contribution in [0.1, 0.15) is 58.3 Å². The SMILES string of the molecule is CCCCCCCCCC1C=CC=CC1=O.